The van der Waals surface area contributed by atoms with E-state index in [4.69, 9.17) is 4.74 Å². The molecule has 5 nitrogen and oxygen atoms in total. The Hall–Kier alpha value is -2.04. The summed E-state index contributed by atoms with van der Waals surface area (Å²) in [7, 11) is 1.40. The second kappa shape index (κ2) is 7.69. The quantitative estimate of drug-likeness (QED) is 0.915. The number of hydrogen-bond donors (Lipinski definition) is 1. The minimum absolute atomic E-state index is 0.0856. The van der Waals surface area contributed by atoms with E-state index in [0.717, 1.165) is 30.0 Å². The number of benzene rings is 1. The highest BCUT2D eigenvalue weighted by molar-refractivity contribution is 5.90. The molecule has 130 valence electrons. The second-order valence-electron chi connectivity index (χ2n) is 6.86. The van der Waals surface area contributed by atoms with Gasteiger partial charge in [0.15, 0.2) is 0 Å². The Morgan fingerprint density at radius 3 is 2.79 bits per heavy atom. The van der Waals surface area contributed by atoms with Gasteiger partial charge in [-0.15, -0.1) is 0 Å². The van der Waals surface area contributed by atoms with Crippen LogP contribution in [0.5, 0.6) is 0 Å². The molecule has 1 N–H and O–H groups in total. The van der Waals surface area contributed by atoms with Crippen LogP contribution in [0.3, 0.4) is 0 Å². The molecule has 0 bridgehead atoms. The van der Waals surface area contributed by atoms with E-state index in [1.54, 1.807) is 4.90 Å². The van der Waals surface area contributed by atoms with Gasteiger partial charge in [-0.3, -0.25) is 4.79 Å². The number of fused-ring (bicyclic) bond motifs is 1. The Morgan fingerprint density at radius 1 is 1.25 bits per heavy atom. The number of carbonyl (C=O) groups is 2. The van der Waals surface area contributed by atoms with E-state index >= 15 is 0 Å². The van der Waals surface area contributed by atoms with E-state index in [1.165, 1.54) is 38.4 Å². The molecule has 0 spiro atoms. The minimum Gasteiger partial charge on any atom is -0.453 e. The third-order valence-electron chi connectivity index (χ3n) is 5.19. The molecule has 0 atom stereocenters. The summed E-state index contributed by atoms with van der Waals surface area (Å²) in [5, 5.41) is 3.00. The molecule has 24 heavy (non-hydrogen) atoms. The highest BCUT2D eigenvalue weighted by Crippen LogP contribution is 2.29. The van der Waals surface area contributed by atoms with Gasteiger partial charge in [0.1, 0.15) is 0 Å². The molecule has 1 aromatic rings. The molecule has 1 heterocycles. The van der Waals surface area contributed by atoms with Gasteiger partial charge in [0.2, 0.25) is 5.91 Å². The molecule has 3 rings (SSSR count). The highest BCUT2D eigenvalue weighted by Gasteiger charge is 2.21. The highest BCUT2D eigenvalue weighted by atomic mass is 16.5. The molecule has 1 aliphatic carbocycles. The smallest absolute Gasteiger partial charge is 0.409 e. The van der Waals surface area contributed by atoms with Gasteiger partial charge in [-0.25, -0.2) is 4.79 Å². The van der Waals surface area contributed by atoms with Crippen molar-refractivity contribution >= 4 is 17.7 Å². The first-order valence-corrected chi connectivity index (χ1v) is 8.90. The Labute approximate surface area is 143 Å². The first kappa shape index (κ1) is 16.8. The Bertz CT molecular complexity index is 609. The van der Waals surface area contributed by atoms with Crippen molar-refractivity contribution < 1.29 is 14.3 Å². The lowest BCUT2D eigenvalue weighted by Gasteiger charge is -2.28. The summed E-state index contributed by atoms with van der Waals surface area (Å²) in [4.78, 5) is 25.5. The van der Waals surface area contributed by atoms with Crippen LogP contribution in [0.4, 0.5) is 10.5 Å². The van der Waals surface area contributed by atoms with E-state index in [2.05, 4.69) is 11.4 Å². The van der Waals surface area contributed by atoms with Gasteiger partial charge in [0.05, 0.1) is 7.11 Å². The van der Waals surface area contributed by atoms with Crippen LogP contribution < -0.4 is 5.32 Å². The molecule has 1 saturated carbocycles. The van der Waals surface area contributed by atoms with Gasteiger partial charge >= 0.3 is 6.09 Å². The maximum Gasteiger partial charge on any atom is 0.409 e. The number of amides is 2. The van der Waals surface area contributed by atoms with Crippen LogP contribution in [0.25, 0.3) is 0 Å². The standard InChI is InChI=1S/C19H26N2O3/c1-24-19(23)21-11-10-15-7-8-17(12-16(15)13-21)20-18(22)9-6-14-4-2-3-5-14/h7-8,12,14H,2-6,9-11,13H2,1H3,(H,20,22). The van der Waals surface area contributed by atoms with E-state index in [9.17, 15) is 9.59 Å². The summed E-state index contributed by atoms with van der Waals surface area (Å²) in [6, 6.07) is 5.99. The zero-order chi connectivity index (χ0) is 16.9. The van der Waals surface area contributed by atoms with Gasteiger partial charge in [-0.05, 0) is 42.0 Å². The van der Waals surface area contributed by atoms with E-state index in [0.29, 0.717) is 19.5 Å². The molecule has 5 heteroatoms. The Morgan fingerprint density at radius 2 is 2.04 bits per heavy atom. The summed E-state index contributed by atoms with van der Waals surface area (Å²) in [5.41, 5.74) is 3.14. The normalized spacial score (nSPS) is 17.5. The van der Waals surface area contributed by atoms with Crippen molar-refractivity contribution in [3.63, 3.8) is 0 Å². The number of methoxy groups -OCH3 is 1. The van der Waals surface area contributed by atoms with Gasteiger partial charge in [0, 0.05) is 25.2 Å². The van der Waals surface area contributed by atoms with E-state index in [1.807, 2.05) is 12.1 Å². The number of hydrogen-bond acceptors (Lipinski definition) is 3. The molecular weight excluding hydrogens is 304 g/mol. The fourth-order valence-corrected chi connectivity index (χ4v) is 3.78. The van der Waals surface area contributed by atoms with Gasteiger partial charge < -0.3 is 15.0 Å². The molecule has 1 fully saturated rings. The lowest BCUT2D eigenvalue weighted by atomic mass is 9.99. The van der Waals surface area contributed by atoms with Crippen molar-refractivity contribution in [1.82, 2.24) is 4.90 Å². The van der Waals surface area contributed by atoms with Crippen molar-refractivity contribution in [3.8, 4) is 0 Å². The van der Waals surface area contributed by atoms with E-state index in [-0.39, 0.29) is 12.0 Å². The fourth-order valence-electron chi connectivity index (χ4n) is 3.78. The van der Waals surface area contributed by atoms with Crippen molar-refractivity contribution in [2.75, 3.05) is 19.0 Å². The first-order valence-electron chi connectivity index (χ1n) is 8.90. The van der Waals surface area contributed by atoms with Crippen LogP contribution in [-0.4, -0.2) is 30.6 Å². The molecule has 2 amide bonds. The van der Waals surface area contributed by atoms with Gasteiger partial charge in [-0.1, -0.05) is 31.7 Å². The maximum absolute atomic E-state index is 12.2. The van der Waals surface area contributed by atoms with E-state index < -0.39 is 0 Å². The zero-order valence-corrected chi connectivity index (χ0v) is 14.3. The first-order chi connectivity index (χ1) is 11.7. The topological polar surface area (TPSA) is 58.6 Å². The van der Waals surface area contributed by atoms with Crippen molar-refractivity contribution in [2.45, 2.75) is 51.5 Å². The fraction of sp³-hybridized carbons (Fsp3) is 0.579. The predicted octanol–water partition coefficient (Wildman–Crippen LogP) is 3.72. The predicted molar refractivity (Wildman–Crippen MR) is 92.8 cm³/mol. The number of ether oxygens (including phenoxy) is 1. The monoisotopic (exact) mass is 330 g/mol. The average Bonchev–Trinajstić information content (AvgIpc) is 3.12. The van der Waals surface area contributed by atoms with Crippen LogP contribution in [0.1, 0.15) is 49.7 Å². The van der Waals surface area contributed by atoms with Gasteiger partial charge in [-0.2, -0.15) is 0 Å². The molecule has 1 aromatic carbocycles. The number of nitrogens with one attached hydrogen (secondary N) is 1. The summed E-state index contributed by atoms with van der Waals surface area (Å²) in [6.07, 6.45) is 7.28. The molecule has 1 aliphatic heterocycles. The third kappa shape index (κ3) is 4.08. The Kier molecular flexibility index (Phi) is 5.38. The SMILES string of the molecule is COC(=O)N1CCc2ccc(NC(=O)CCC3CCCC3)cc2C1. The van der Waals surface area contributed by atoms with Crippen LogP contribution in [0.15, 0.2) is 18.2 Å². The van der Waals surface area contributed by atoms with Crippen LogP contribution >= 0.6 is 0 Å². The largest absolute Gasteiger partial charge is 0.453 e. The number of anilines is 1. The van der Waals surface area contributed by atoms with Crippen molar-refractivity contribution in [3.05, 3.63) is 29.3 Å². The maximum atomic E-state index is 12.2. The minimum atomic E-state index is -0.299. The van der Waals surface area contributed by atoms with Crippen molar-refractivity contribution in [2.24, 2.45) is 5.92 Å². The summed E-state index contributed by atoms with van der Waals surface area (Å²) >= 11 is 0. The number of rotatable bonds is 4. The molecule has 0 radical (unpaired) electrons. The van der Waals surface area contributed by atoms with Crippen molar-refractivity contribution in [1.29, 1.82) is 0 Å². The molecule has 0 saturated heterocycles. The summed E-state index contributed by atoms with van der Waals surface area (Å²) < 4.78 is 4.80. The lowest BCUT2D eigenvalue weighted by molar-refractivity contribution is -0.116. The summed E-state index contributed by atoms with van der Waals surface area (Å²) in [6.45, 7) is 1.21. The Balaban J connectivity index is 1.57. The van der Waals surface area contributed by atoms with Crippen LogP contribution in [-0.2, 0) is 22.5 Å². The third-order valence-corrected chi connectivity index (χ3v) is 5.19. The second-order valence-corrected chi connectivity index (χ2v) is 6.86. The number of carbonyl (C=O) groups excluding carboxylic acids is 2. The number of nitrogens with zero attached hydrogens (tertiary/aromatic N) is 1. The molecule has 0 aromatic heterocycles. The molecular formula is C19H26N2O3. The van der Waals surface area contributed by atoms with Crippen LogP contribution in [0.2, 0.25) is 0 Å². The summed E-state index contributed by atoms with van der Waals surface area (Å²) in [5.74, 6) is 0.815. The zero-order valence-electron chi connectivity index (χ0n) is 14.3. The average molecular weight is 330 g/mol. The lowest BCUT2D eigenvalue weighted by Crippen LogP contribution is -2.35. The van der Waals surface area contributed by atoms with Gasteiger partial charge in [0.25, 0.3) is 0 Å². The molecule has 0 unspecified atom stereocenters. The molecule has 2 aliphatic rings. The van der Waals surface area contributed by atoms with Crippen LogP contribution in [0, 0.1) is 5.92 Å².